The molecule has 2 atom stereocenters. The minimum atomic E-state index is -0.362. The average molecular weight is 351 g/mol. The lowest BCUT2D eigenvalue weighted by atomic mass is 9.62. The standard InChI is InChI=1S/C22H29N3O/c26-20-21-11-7-10-18(15-25(16-21)14-17-8-3-1-4-9-17)19(21)23-22(24-20)12-5-2-6-13-22/h1,3-4,8-9,18H,2,5-7,10-16H2,(H,24,26)/t18-,21-/m0/s1. The number of nitrogens with zero attached hydrogens (tertiary/aromatic N) is 2. The number of carbonyl (C=O) groups excluding carboxylic acids is 1. The first-order valence-electron chi connectivity index (χ1n) is 10.4. The van der Waals surface area contributed by atoms with Crippen LogP contribution in [0, 0.1) is 11.3 Å². The zero-order chi connectivity index (χ0) is 17.6. The van der Waals surface area contributed by atoms with Crippen LogP contribution in [-0.2, 0) is 11.3 Å². The van der Waals surface area contributed by atoms with Gasteiger partial charge in [-0.1, -0.05) is 43.2 Å². The summed E-state index contributed by atoms with van der Waals surface area (Å²) in [4.78, 5) is 21.2. The van der Waals surface area contributed by atoms with Gasteiger partial charge >= 0.3 is 0 Å². The van der Waals surface area contributed by atoms with Gasteiger partial charge in [0, 0.05) is 31.3 Å². The highest BCUT2D eigenvalue weighted by Gasteiger charge is 2.57. The predicted molar refractivity (Wildman–Crippen MR) is 103 cm³/mol. The van der Waals surface area contributed by atoms with E-state index in [1.807, 2.05) is 0 Å². The second-order valence-corrected chi connectivity index (χ2v) is 8.87. The van der Waals surface area contributed by atoms with Gasteiger partial charge in [0.15, 0.2) is 0 Å². The van der Waals surface area contributed by atoms with Crippen LogP contribution in [0.5, 0.6) is 0 Å². The van der Waals surface area contributed by atoms with Crippen LogP contribution < -0.4 is 5.32 Å². The van der Waals surface area contributed by atoms with E-state index in [1.165, 1.54) is 37.0 Å². The van der Waals surface area contributed by atoms with E-state index in [2.05, 4.69) is 40.5 Å². The Balaban J connectivity index is 1.46. The summed E-state index contributed by atoms with van der Waals surface area (Å²) >= 11 is 0. The van der Waals surface area contributed by atoms with Crippen LogP contribution in [0.3, 0.4) is 0 Å². The molecule has 1 aromatic rings. The molecule has 2 aliphatic carbocycles. The van der Waals surface area contributed by atoms with Gasteiger partial charge in [-0.15, -0.1) is 0 Å². The zero-order valence-corrected chi connectivity index (χ0v) is 15.5. The molecule has 4 aliphatic rings. The van der Waals surface area contributed by atoms with Gasteiger partial charge in [-0.05, 0) is 44.1 Å². The van der Waals surface area contributed by atoms with Crippen LogP contribution >= 0.6 is 0 Å². The van der Waals surface area contributed by atoms with Gasteiger partial charge in [0.05, 0.1) is 5.41 Å². The summed E-state index contributed by atoms with van der Waals surface area (Å²) in [6, 6.07) is 10.6. The molecule has 4 nitrogen and oxygen atoms in total. The number of hydrogen-bond donors (Lipinski definition) is 1. The molecule has 1 N–H and O–H groups in total. The summed E-state index contributed by atoms with van der Waals surface area (Å²) in [6.07, 6.45) is 9.03. The van der Waals surface area contributed by atoms with Gasteiger partial charge in [-0.2, -0.15) is 0 Å². The van der Waals surface area contributed by atoms with Gasteiger partial charge in [0.2, 0.25) is 5.91 Å². The molecule has 2 aliphatic heterocycles. The number of likely N-dealkylation sites (tertiary alicyclic amines) is 1. The molecule has 2 bridgehead atoms. The van der Waals surface area contributed by atoms with Crippen molar-refractivity contribution in [3.05, 3.63) is 35.9 Å². The van der Waals surface area contributed by atoms with Crippen molar-refractivity contribution in [3.63, 3.8) is 0 Å². The molecule has 0 aromatic heterocycles. The fourth-order valence-corrected chi connectivity index (χ4v) is 5.83. The molecule has 3 fully saturated rings. The Bertz CT molecular complexity index is 722. The van der Waals surface area contributed by atoms with Crippen LogP contribution in [0.4, 0.5) is 0 Å². The van der Waals surface area contributed by atoms with Crippen molar-refractivity contribution < 1.29 is 4.79 Å². The molecule has 5 rings (SSSR count). The van der Waals surface area contributed by atoms with Crippen molar-refractivity contribution in [2.24, 2.45) is 16.3 Å². The van der Waals surface area contributed by atoms with E-state index in [1.54, 1.807) is 0 Å². The van der Waals surface area contributed by atoms with Crippen molar-refractivity contribution in [2.45, 2.75) is 63.6 Å². The molecule has 26 heavy (non-hydrogen) atoms. The van der Waals surface area contributed by atoms with Crippen molar-refractivity contribution in [3.8, 4) is 0 Å². The first-order chi connectivity index (χ1) is 12.7. The average Bonchev–Trinajstić information content (AvgIpc) is 2.63. The zero-order valence-electron chi connectivity index (χ0n) is 15.5. The van der Waals surface area contributed by atoms with E-state index < -0.39 is 0 Å². The fourth-order valence-electron chi connectivity index (χ4n) is 5.83. The topological polar surface area (TPSA) is 44.7 Å². The molecule has 0 unspecified atom stereocenters. The number of aliphatic imine (C=N–C) groups is 1. The summed E-state index contributed by atoms with van der Waals surface area (Å²) in [5.74, 6) is 0.734. The van der Waals surface area contributed by atoms with Gasteiger partial charge in [-0.25, -0.2) is 0 Å². The first-order valence-corrected chi connectivity index (χ1v) is 10.4. The smallest absolute Gasteiger partial charge is 0.235 e. The minimum absolute atomic E-state index is 0.270. The van der Waals surface area contributed by atoms with E-state index in [9.17, 15) is 4.79 Å². The van der Waals surface area contributed by atoms with Crippen molar-refractivity contribution in [2.75, 3.05) is 13.1 Å². The lowest BCUT2D eigenvalue weighted by Gasteiger charge is -2.54. The molecule has 0 radical (unpaired) electrons. The Hall–Kier alpha value is -1.68. The monoisotopic (exact) mass is 351 g/mol. The number of amides is 1. The van der Waals surface area contributed by atoms with Gasteiger partial charge in [0.25, 0.3) is 0 Å². The van der Waals surface area contributed by atoms with Crippen LogP contribution in [0.1, 0.15) is 56.9 Å². The lowest BCUT2D eigenvalue weighted by molar-refractivity contribution is -0.134. The van der Waals surface area contributed by atoms with Gasteiger partial charge < -0.3 is 5.32 Å². The first kappa shape index (κ1) is 16.5. The highest BCUT2D eigenvalue weighted by atomic mass is 16.2. The number of carbonyl (C=O) groups is 1. The second-order valence-electron chi connectivity index (χ2n) is 8.87. The molecule has 2 saturated carbocycles. The molecule has 1 spiro atoms. The number of rotatable bonds is 2. The summed E-state index contributed by atoms with van der Waals surface area (Å²) in [7, 11) is 0. The summed E-state index contributed by atoms with van der Waals surface area (Å²) in [6.45, 7) is 2.82. The fraction of sp³-hybridized carbons (Fsp3) is 0.636. The third-order valence-electron chi connectivity index (χ3n) is 7.05. The number of benzene rings is 1. The maximum absolute atomic E-state index is 13.4. The Morgan fingerprint density at radius 2 is 1.88 bits per heavy atom. The van der Waals surface area contributed by atoms with E-state index in [4.69, 9.17) is 4.99 Å². The van der Waals surface area contributed by atoms with E-state index >= 15 is 0 Å². The summed E-state index contributed by atoms with van der Waals surface area (Å²) in [5, 5.41) is 3.41. The summed E-state index contributed by atoms with van der Waals surface area (Å²) < 4.78 is 0. The SMILES string of the molecule is O=C1NC2(CCCCC2)N=C2[C@H]3CCC[C@@]12CN(Cc1ccccc1)C3. The molecule has 1 aromatic carbocycles. The Labute approximate surface area is 156 Å². The highest BCUT2D eigenvalue weighted by molar-refractivity contribution is 6.12. The van der Waals surface area contributed by atoms with E-state index in [0.717, 1.165) is 45.3 Å². The molecule has 4 heteroatoms. The minimum Gasteiger partial charge on any atom is -0.331 e. The summed E-state index contributed by atoms with van der Waals surface area (Å²) in [5.41, 5.74) is 1.96. The maximum Gasteiger partial charge on any atom is 0.235 e. The quantitative estimate of drug-likeness (QED) is 0.886. The lowest BCUT2D eigenvalue weighted by Crippen LogP contribution is -2.69. The number of nitrogens with one attached hydrogen (secondary N) is 1. The third-order valence-corrected chi connectivity index (χ3v) is 7.05. The number of hydrogen-bond acceptors (Lipinski definition) is 3. The van der Waals surface area contributed by atoms with Crippen molar-refractivity contribution in [1.29, 1.82) is 0 Å². The van der Waals surface area contributed by atoms with Crippen LogP contribution in [-0.4, -0.2) is 35.3 Å². The van der Waals surface area contributed by atoms with Crippen LogP contribution in [0.2, 0.25) is 0 Å². The molecular weight excluding hydrogens is 322 g/mol. The van der Waals surface area contributed by atoms with Gasteiger partial charge in [-0.3, -0.25) is 14.7 Å². The van der Waals surface area contributed by atoms with E-state index in [-0.39, 0.29) is 17.0 Å². The predicted octanol–water partition coefficient (Wildman–Crippen LogP) is 3.52. The Kier molecular flexibility index (Phi) is 3.93. The maximum atomic E-state index is 13.4. The Morgan fingerprint density at radius 1 is 1.08 bits per heavy atom. The second kappa shape index (κ2) is 6.19. The molecule has 138 valence electrons. The van der Waals surface area contributed by atoms with E-state index in [0.29, 0.717) is 5.92 Å². The van der Waals surface area contributed by atoms with Gasteiger partial charge in [0.1, 0.15) is 5.66 Å². The highest BCUT2D eigenvalue weighted by Crippen LogP contribution is 2.47. The normalized spacial score (nSPS) is 33.3. The van der Waals surface area contributed by atoms with Crippen molar-refractivity contribution >= 4 is 11.6 Å². The third kappa shape index (κ3) is 2.61. The molecule has 1 saturated heterocycles. The Morgan fingerprint density at radius 3 is 2.69 bits per heavy atom. The molecule has 2 heterocycles. The molecule has 1 amide bonds. The van der Waals surface area contributed by atoms with Crippen LogP contribution in [0.25, 0.3) is 0 Å². The largest absolute Gasteiger partial charge is 0.331 e. The molecular formula is C22H29N3O. The van der Waals surface area contributed by atoms with Crippen molar-refractivity contribution in [1.82, 2.24) is 10.2 Å². The van der Waals surface area contributed by atoms with Crippen LogP contribution in [0.15, 0.2) is 35.3 Å². The number of piperidine rings is 1.